The predicted molar refractivity (Wildman–Crippen MR) is 95.3 cm³/mol. The van der Waals surface area contributed by atoms with E-state index in [0.29, 0.717) is 4.99 Å². The minimum absolute atomic E-state index is 0.0561. The Morgan fingerprint density at radius 3 is 2.52 bits per heavy atom. The molecule has 1 aliphatic heterocycles. The van der Waals surface area contributed by atoms with E-state index in [2.05, 4.69) is 29.7 Å². The number of benzene rings is 1. The third-order valence-electron chi connectivity index (χ3n) is 4.27. The van der Waals surface area contributed by atoms with Gasteiger partial charge in [0, 0.05) is 42.3 Å². The second-order valence-electron chi connectivity index (χ2n) is 6.31. The van der Waals surface area contributed by atoms with Crippen molar-refractivity contribution in [3.05, 3.63) is 29.3 Å². The average molecular weight is 326 g/mol. The van der Waals surface area contributed by atoms with Crippen LogP contribution in [-0.2, 0) is 0 Å². The summed E-state index contributed by atoms with van der Waals surface area (Å²) in [5, 5.41) is 0.799. The first kappa shape index (κ1) is 16.5. The highest BCUT2D eigenvalue weighted by Crippen LogP contribution is 2.23. The second kappa shape index (κ2) is 6.95. The fraction of sp³-hybridized carbons (Fsp3) is 0.562. The summed E-state index contributed by atoms with van der Waals surface area (Å²) < 4.78 is 0. The molecule has 1 aliphatic rings. The van der Waals surface area contributed by atoms with Crippen LogP contribution in [0, 0.1) is 5.41 Å². The maximum atomic E-state index is 6.06. The van der Waals surface area contributed by atoms with Crippen molar-refractivity contribution in [2.75, 3.05) is 37.6 Å². The Balaban J connectivity index is 1.82. The Morgan fingerprint density at radius 2 is 1.95 bits per heavy atom. The van der Waals surface area contributed by atoms with E-state index >= 15 is 0 Å². The van der Waals surface area contributed by atoms with E-state index in [0.717, 1.165) is 44.2 Å². The van der Waals surface area contributed by atoms with Crippen molar-refractivity contribution < 1.29 is 0 Å². The van der Waals surface area contributed by atoms with Gasteiger partial charge < -0.3 is 10.6 Å². The fourth-order valence-electron chi connectivity index (χ4n) is 2.46. The summed E-state index contributed by atoms with van der Waals surface area (Å²) in [6, 6.07) is 8.08. The van der Waals surface area contributed by atoms with E-state index in [1.54, 1.807) is 0 Å². The number of thiocarbonyl (C=S) groups is 1. The first-order valence-corrected chi connectivity index (χ1v) is 8.20. The van der Waals surface area contributed by atoms with Gasteiger partial charge in [0.25, 0.3) is 0 Å². The molecule has 0 aliphatic carbocycles. The minimum atomic E-state index is -0.0561. The molecule has 1 saturated heterocycles. The molecule has 1 aromatic carbocycles. The molecule has 0 radical (unpaired) electrons. The van der Waals surface area contributed by atoms with Gasteiger partial charge in [0.1, 0.15) is 0 Å². The lowest BCUT2D eigenvalue weighted by molar-refractivity contribution is 0.233. The van der Waals surface area contributed by atoms with Crippen LogP contribution >= 0.6 is 23.8 Å². The zero-order valence-electron chi connectivity index (χ0n) is 12.8. The maximum absolute atomic E-state index is 6.06. The van der Waals surface area contributed by atoms with Gasteiger partial charge >= 0.3 is 0 Å². The highest BCUT2D eigenvalue weighted by molar-refractivity contribution is 7.80. The first-order chi connectivity index (χ1) is 9.88. The smallest absolute Gasteiger partial charge is 0.0784 e. The van der Waals surface area contributed by atoms with Crippen molar-refractivity contribution >= 4 is 34.5 Å². The molecule has 2 rings (SSSR count). The molecule has 2 N–H and O–H groups in total. The largest absolute Gasteiger partial charge is 0.393 e. The van der Waals surface area contributed by atoms with Gasteiger partial charge in [-0.05, 0) is 31.2 Å². The minimum Gasteiger partial charge on any atom is -0.393 e. The van der Waals surface area contributed by atoms with Crippen LogP contribution in [0.25, 0.3) is 0 Å². The lowest BCUT2D eigenvalue weighted by Gasteiger charge is -2.37. The van der Waals surface area contributed by atoms with Gasteiger partial charge in [0.05, 0.1) is 4.99 Å². The molecular weight excluding hydrogens is 302 g/mol. The van der Waals surface area contributed by atoms with E-state index in [9.17, 15) is 0 Å². The first-order valence-electron chi connectivity index (χ1n) is 7.41. The number of hydrogen-bond donors (Lipinski definition) is 1. The number of rotatable bonds is 5. The van der Waals surface area contributed by atoms with Crippen molar-refractivity contribution in [3.8, 4) is 0 Å². The fourth-order valence-corrected chi connectivity index (χ4v) is 2.75. The number of anilines is 1. The van der Waals surface area contributed by atoms with Crippen molar-refractivity contribution in [2.45, 2.75) is 20.3 Å². The summed E-state index contributed by atoms with van der Waals surface area (Å²) in [5.74, 6) is 0. The van der Waals surface area contributed by atoms with Crippen molar-refractivity contribution in [1.82, 2.24) is 4.90 Å². The highest BCUT2D eigenvalue weighted by atomic mass is 35.5. The number of halogens is 1. The van der Waals surface area contributed by atoms with E-state index in [4.69, 9.17) is 29.6 Å². The second-order valence-corrected chi connectivity index (χ2v) is 7.18. The molecule has 1 fully saturated rings. The van der Waals surface area contributed by atoms with Crippen LogP contribution < -0.4 is 10.6 Å². The maximum Gasteiger partial charge on any atom is 0.0784 e. The normalized spacial score (nSPS) is 17.0. The number of hydrogen-bond acceptors (Lipinski definition) is 3. The summed E-state index contributed by atoms with van der Waals surface area (Å²) in [6.07, 6.45) is 1.01. The van der Waals surface area contributed by atoms with Crippen LogP contribution in [0.3, 0.4) is 0 Å². The van der Waals surface area contributed by atoms with E-state index in [1.807, 2.05) is 18.2 Å². The molecular formula is C16H24ClN3S. The molecule has 0 saturated carbocycles. The van der Waals surface area contributed by atoms with Crippen LogP contribution in [0.15, 0.2) is 24.3 Å². The van der Waals surface area contributed by atoms with E-state index in [-0.39, 0.29) is 5.41 Å². The summed E-state index contributed by atoms with van der Waals surface area (Å²) >= 11 is 11.2. The summed E-state index contributed by atoms with van der Waals surface area (Å²) in [7, 11) is 0. The van der Waals surface area contributed by atoms with Crippen LogP contribution in [0.5, 0.6) is 0 Å². The van der Waals surface area contributed by atoms with Gasteiger partial charge in [-0.15, -0.1) is 0 Å². The number of piperazine rings is 1. The molecule has 1 aromatic rings. The Kier molecular flexibility index (Phi) is 5.47. The van der Waals surface area contributed by atoms with Gasteiger partial charge in [0.2, 0.25) is 0 Å². The standard InChI is InChI=1S/C16H24ClN3S/c1-16(2,15(18)21)6-7-19-8-10-20(11-9-19)14-5-3-4-13(17)12-14/h3-5,12H,6-11H2,1-2H3,(H2,18,21). The molecule has 0 unspecified atom stereocenters. The number of nitrogens with zero attached hydrogens (tertiary/aromatic N) is 2. The van der Waals surface area contributed by atoms with Gasteiger partial charge in [-0.1, -0.05) is 43.7 Å². The summed E-state index contributed by atoms with van der Waals surface area (Å²) in [4.78, 5) is 5.49. The van der Waals surface area contributed by atoms with Gasteiger partial charge in [-0.25, -0.2) is 0 Å². The Bertz CT molecular complexity index is 496. The van der Waals surface area contributed by atoms with Gasteiger partial charge in [0.15, 0.2) is 0 Å². The lowest BCUT2D eigenvalue weighted by atomic mass is 9.89. The van der Waals surface area contributed by atoms with Crippen LogP contribution in [0.1, 0.15) is 20.3 Å². The Morgan fingerprint density at radius 1 is 1.29 bits per heavy atom. The lowest BCUT2D eigenvalue weighted by Crippen LogP contribution is -2.47. The third kappa shape index (κ3) is 4.56. The SMILES string of the molecule is CC(C)(CCN1CCN(c2cccc(Cl)c2)CC1)C(N)=S. The summed E-state index contributed by atoms with van der Waals surface area (Å²) in [5.41, 5.74) is 6.95. The molecule has 0 spiro atoms. The third-order valence-corrected chi connectivity index (χ3v) is 5.05. The zero-order chi connectivity index (χ0) is 15.5. The molecule has 3 nitrogen and oxygen atoms in total. The van der Waals surface area contributed by atoms with E-state index in [1.165, 1.54) is 5.69 Å². The Labute approximate surface area is 138 Å². The molecule has 5 heteroatoms. The van der Waals surface area contributed by atoms with Gasteiger partial charge in [-0.3, -0.25) is 4.90 Å². The van der Waals surface area contributed by atoms with Crippen LogP contribution in [-0.4, -0.2) is 42.6 Å². The molecule has 0 aromatic heterocycles. The van der Waals surface area contributed by atoms with Crippen LogP contribution in [0.4, 0.5) is 5.69 Å². The molecule has 21 heavy (non-hydrogen) atoms. The highest BCUT2D eigenvalue weighted by Gasteiger charge is 2.24. The average Bonchev–Trinajstić information content (AvgIpc) is 2.45. The zero-order valence-corrected chi connectivity index (χ0v) is 14.4. The molecule has 1 heterocycles. The molecule has 116 valence electrons. The van der Waals surface area contributed by atoms with E-state index < -0.39 is 0 Å². The van der Waals surface area contributed by atoms with Crippen molar-refractivity contribution in [1.29, 1.82) is 0 Å². The molecule has 0 bridgehead atoms. The summed E-state index contributed by atoms with van der Waals surface area (Å²) in [6.45, 7) is 9.50. The molecule has 0 atom stereocenters. The predicted octanol–water partition coefficient (Wildman–Crippen LogP) is 3.16. The van der Waals surface area contributed by atoms with Crippen LogP contribution in [0.2, 0.25) is 5.02 Å². The quantitative estimate of drug-likeness (QED) is 0.843. The van der Waals surface area contributed by atoms with Gasteiger partial charge in [-0.2, -0.15) is 0 Å². The molecule has 0 amide bonds. The van der Waals surface area contributed by atoms with Crippen molar-refractivity contribution in [2.24, 2.45) is 11.1 Å². The topological polar surface area (TPSA) is 32.5 Å². The monoisotopic (exact) mass is 325 g/mol. The number of nitrogens with two attached hydrogens (primary N) is 1. The van der Waals surface area contributed by atoms with Crippen molar-refractivity contribution in [3.63, 3.8) is 0 Å². The Hall–Kier alpha value is -0.840.